The number of nitrogen functional groups attached to an aromatic ring is 1. The lowest BCUT2D eigenvalue weighted by Crippen LogP contribution is -2.16. The summed E-state index contributed by atoms with van der Waals surface area (Å²) in [6.45, 7) is 2.76. The summed E-state index contributed by atoms with van der Waals surface area (Å²) in [5, 5.41) is 6.86. The molecule has 0 saturated heterocycles. The van der Waals surface area contributed by atoms with E-state index in [1.807, 2.05) is 12.1 Å². The second-order valence-electron chi connectivity index (χ2n) is 6.68. The van der Waals surface area contributed by atoms with Crippen molar-refractivity contribution in [1.82, 2.24) is 15.3 Å². The van der Waals surface area contributed by atoms with Gasteiger partial charge in [-0.05, 0) is 49.9 Å². The van der Waals surface area contributed by atoms with E-state index >= 15 is 0 Å². The molecule has 7 heteroatoms. The molecule has 0 radical (unpaired) electrons. The zero-order valence-corrected chi connectivity index (χ0v) is 16.2. The summed E-state index contributed by atoms with van der Waals surface area (Å²) in [4.78, 5) is 8.84. The van der Waals surface area contributed by atoms with Crippen LogP contribution in [0.15, 0.2) is 18.2 Å². The molecule has 0 unspecified atom stereocenters. The number of rotatable bonds is 8. The third kappa shape index (κ3) is 5.01. The van der Waals surface area contributed by atoms with Gasteiger partial charge in [0.2, 0.25) is 5.95 Å². The summed E-state index contributed by atoms with van der Waals surface area (Å²) in [5.74, 6) is 2.79. The summed E-state index contributed by atoms with van der Waals surface area (Å²) in [6.07, 6.45) is 4.95. The Morgan fingerprint density at radius 3 is 2.70 bits per heavy atom. The Labute approximate surface area is 160 Å². The molecule has 2 aromatic rings. The first-order valence-electron chi connectivity index (χ1n) is 9.52. The molecule has 0 atom stereocenters. The Morgan fingerprint density at radius 1 is 1.07 bits per heavy atom. The van der Waals surface area contributed by atoms with Gasteiger partial charge in [0.05, 0.1) is 19.9 Å². The average Bonchev–Trinajstić information content (AvgIpc) is 2.92. The normalized spacial score (nSPS) is 13.6. The number of nitrogens with zero attached hydrogens (tertiary/aromatic N) is 2. The Morgan fingerprint density at radius 2 is 1.89 bits per heavy atom. The van der Waals surface area contributed by atoms with E-state index < -0.39 is 0 Å². The van der Waals surface area contributed by atoms with Crippen LogP contribution in [0.3, 0.4) is 0 Å². The van der Waals surface area contributed by atoms with E-state index in [1.54, 1.807) is 14.2 Å². The minimum Gasteiger partial charge on any atom is -0.493 e. The number of hydrogen-bond donors (Lipinski definition) is 3. The highest BCUT2D eigenvalue weighted by molar-refractivity contribution is 5.50. The third-order valence-corrected chi connectivity index (χ3v) is 4.83. The molecule has 1 aromatic carbocycles. The van der Waals surface area contributed by atoms with E-state index in [0.29, 0.717) is 5.95 Å². The first-order valence-corrected chi connectivity index (χ1v) is 9.52. The van der Waals surface area contributed by atoms with Crippen molar-refractivity contribution >= 4 is 11.8 Å². The molecular weight excluding hydrogens is 342 g/mol. The highest BCUT2D eigenvalue weighted by Crippen LogP contribution is 2.28. The molecule has 0 bridgehead atoms. The van der Waals surface area contributed by atoms with Gasteiger partial charge in [-0.2, -0.15) is 4.98 Å². The number of anilines is 2. The maximum atomic E-state index is 5.89. The quantitative estimate of drug-likeness (QED) is 0.612. The molecule has 0 fully saturated rings. The standard InChI is InChI=1S/C20H29N5O2/c1-26-17-7-6-14(13-18(17)27-2)5-3-4-10-23-19-15-8-11-22-12-9-16(15)24-20(21)25-19/h6-7,13,22H,3-5,8-12H2,1-2H3,(H3,21,23,24,25). The maximum Gasteiger partial charge on any atom is 0.222 e. The Bertz CT molecular complexity index is 766. The van der Waals surface area contributed by atoms with Gasteiger partial charge in [0.25, 0.3) is 0 Å². The van der Waals surface area contributed by atoms with Gasteiger partial charge in [-0.3, -0.25) is 0 Å². The number of fused-ring (bicyclic) bond motifs is 1. The van der Waals surface area contributed by atoms with Gasteiger partial charge in [-0.1, -0.05) is 6.07 Å². The van der Waals surface area contributed by atoms with E-state index in [2.05, 4.69) is 26.7 Å². The van der Waals surface area contributed by atoms with Crippen molar-refractivity contribution in [1.29, 1.82) is 0 Å². The van der Waals surface area contributed by atoms with Crippen molar-refractivity contribution in [3.8, 4) is 11.5 Å². The first kappa shape index (κ1) is 19.2. The van der Waals surface area contributed by atoms with Gasteiger partial charge in [-0.15, -0.1) is 0 Å². The van der Waals surface area contributed by atoms with Crippen LogP contribution in [0.4, 0.5) is 11.8 Å². The molecule has 0 saturated carbocycles. The van der Waals surface area contributed by atoms with Crippen LogP contribution in [0, 0.1) is 0 Å². The maximum absolute atomic E-state index is 5.89. The SMILES string of the molecule is COc1ccc(CCCCNc2nc(N)nc3c2CCNCC3)cc1OC. The van der Waals surface area contributed by atoms with Crippen LogP contribution in [0.5, 0.6) is 11.5 Å². The van der Waals surface area contributed by atoms with Crippen LogP contribution in [-0.2, 0) is 19.3 Å². The largest absolute Gasteiger partial charge is 0.493 e. The number of unbranched alkanes of at least 4 members (excludes halogenated alkanes) is 1. The van der Waals surface area contributed by atoms with Crippen LogP contribution >= 0.6 is 0 Å². The van der Waals surface area contributed by atoms with Crippen molar-refractivity contribution < 1.29 is 9.47 Å². The molecule has 1 aliphatic heterocycles. The van der Waals surface area contributed by atoms with E-state index in [4.69, 9.17) is 15.2 Å². The zero-order chi connectivity index (χ0) is 19.1. The van der Waals surface area contributed by atoms with Crippen molar-refractivity contribution in [2.24, 2.45) is 0 Å². The summed E-state index contributed by atoms with van der Waals surface area (Å²) in [5.41, 5.74) is 9.41. The predicted molar refractivity (Wildman–Crippen MR) is 108 cm³/mol. The minimum atomic E-state index is 0.350. The fourth-order valence-corrected chi connectivity index (χ4v) is 3.41. The summed E-state index contributed by atoms with van der Waals surface area (Å²) in [7, 11) is 3.32. The molecule has 27 heavy (non-hydrogen) atoms. The molecular formula is C20H29N5O2. The van der Waals surface area contributed by atoms with Crippen molar-refractivity contribution in [2.45, 2.75) is 32.1 Å². The Hall–Kier alpha value is -2.54. The number of aromatic nitrogens is 2. The van der Waals surface area contributed by atoms with Gasteiger partial charge >= 0.3 is 0 Å². The second-order valence-corrected chi connectivity index (χ2v) is 6.68. The van der Waals surface area contributed by atoms with Crippen molar-refractivity contribution in [3.63, 3.8) is 0 Å². The second kappa shape index (κ2) is 9.41. The van der Waals surface area contributed by atoms with E-state index in [9.17, 15) is 0 Å². The van der Waals surface area contributed by atoms with Crippen molar-refractivity contribution in [2.75, 3.05) is 44.9 Å². The van der Waals surface area contributed by atoms with Crippen LogP contribution in [0.2, 0.25) is 0 Å². The molecule has 0 spiro atoms. The van der Waals surface area contributed by atoms with Gasteiger partial charge in [0.15, 0.2) is 11.5 Å². The number of hydrogen-bond acceptors (Lipinski definition) is 7. The first-order chi connectivity index (χ1) is 13.2. The number of methoxy groups -OCH3 is 2. The van der Waals surface area contributed by atoms with Crippen LogP contribution in [-0.4, -0.2) is 43.8 Å². The average molecular weight is 371 g/mol. The number of aryl methyl sites for hydroxylation is 1. The van der Waals surface area contributed by atoms with Gasteiger partial charge in [0.1, 0.15) is 5.82 Å². The molecule has 7 nitrogen and oxygen atoms in total. The molecule has 1 aliphatic rings. The Kier molecular flexibility index (Phi) is 6.70. The highest BCUT2D eigenvalue weighted by atomic mass is 16.5. The lowest BCUT2D eigenvalue weighted by atomic mass is 10.1. The molecule has 3 rings (SSSR count). The van der Waals surface area contributed by atoms with E-state index in [0.717, 1.165) is 74.7 Å². The van der Waals surface area contributed by atoms with Gasteiger partial charge < -0.3 is 25.8 Å². The molecule has 0 aliphatic carbocycles. The fourth-order valence-electron chi connectivity index (χ4n) is 3.41. The lowest BCUT2D eigenvalue weighted by Gasteiger charge is -2.13. The number of ether oxygens (including phenoxy) is 2. The number of nitrogens with two attached hydrogens (primary N) is 1. The smallest absolute Gasteiger partial charge is 0.222 e. The van der Waals surface area contributed by atoms with Gasteiger partial charge in [-0.25, -0.2) is 4.98 Å². The lowest BCUT2D eigenvalue weighted by molar-refractivity contribution is 0.354. The van der Waals surface area contributed by atoms with Gasteiger partial charge in [0, 0.05) is 25.1 Å². The van der Waals surface area contributed by atoms with Crippen molar-refractivity contribution in [3.05, 3.63) is 35.0 Å². The summed E-state index contributed by atoms with van der Waals surface area (Å²) >= 11 is 0. The van der Waals surface area contributed by atoms with Crippen LogP contribution in [0.25, 0.3) is 0 Å². The molecule has 146 valence electrons. The highest BCUT2D eigenvalue weighted by Gasteiger charge is 2.15. The summed E-state index contributed by atoms with van der Waals surface area (Å²) in [6, 6.07) is 6.09. The molecule has 4 N–H and O–H groups in total. The monoisotopic (exact) mass is 371 g/mol. The van der Waals surface area contributed by atoms with E-state index in [-0.39, 0.29) is 0 Å². The van der Waals surface area contributed by atoms with Crippen LogP contribution < -0.4 is 25.8 Å². The Balaban J connectivity index is 1.52. The number of nitrogens with one attached hydrogen (secondary N) is 2. The number of benzene rings is 1. The van der Waals surface area contributed by atoms with Crippen LogP contribution in [0.1, 0.15) is 29.7 Å². The fraction of sp³-hybridized carbons (Fsp3) is 0.500. The van der Waals surface area contributed by atoms with E-state index in [1.165, 1.54) is 11.1 Å². The minimum absolute atomic E-state index is 0.350. The predicted octanol–water partition coefficient (Wildman–Crippen LogP) is 2.20. The molecule has 1 aromatic heterocycles. The zero-order valence-electron chi connectivity index (χ0n) is 16.2. The molecule has 2 heterocycles. The topological polar surface area (TPSA) is 94.3 Å². The third-order valence-electron chi connectivity index (χ3n) is 4.83. The molecule has 0 amide bonds. The summed E-state index contributed by atoms with van der Waals surface area (Å²) < 4.78 is 10.7.